The Morgan fingerprint density at radius 2 is 1.93 bits per heavy atom. The van der Waals surface area contributed by atoms with Gasteiger partial charge in [-0.3, -0.25) is 0 Å². The maximum Gasteiger partial charge on any atom is 0.119 e. The van der Waals surface area contributed by atoms with E-state index in [2.05, 4.69) is 15.9 Å². The Balaban J connectivity index is 1.89. The van der Waals surface area contributed by atoms with Gasteiger partial charge in [0.15, 0.2) is 0 Å². The number of rotatable bonds is 4. The molecule has 1 aromatic carbocycles. The van der Waals surface area contributed by atoms with E-state index in [0.29, 0.717) is 6.61 Å². The van der Waals surface area contributed by atoms with E-state index in [1.165, 1.54) is 0 Å². The van der Waals surface area contributed by atoms with Crippen molar-refractivity contribution in [3.8, 4) is 5.75 Å². The largest absolute Gasteiger partial charge is 0.493 e. The highest BCUT2D eigenvalue weighted by atomic mass is 79.9. The highest BCUT2D eigenvalue weighted by Crippen LogP contribution is 2.45. The van der Waals surface area contributed by atoms with Crippen molar-refractivity contribution < 1.29 is 9.84 Å². The van der Waals surface area contributed by atoms with Gasteiger partial charge in [0, 0.05) is 9.89 Å². The molecule has 0 unspecified atom stereocenters. The first-order chi connectivity index (χ1) is 6.74. The van der Waals surface area contributed by atoms with Crippen LogP contribution in [0.15, 0.2) is 28.7 Å². The smallest absolute Gasteiger partial charge is 0.119 e. The maximum absolute atomic E-state index is 9.09. The zero-order chi connectivity index (χ0) is 10.0. The summed E-state index contributed by atoms with van der Waals surface area (Å²) in [6, 6.07) is 7.76. The van der Waals surface area contributed by atoms with Crippen LogP contribution in [0.5, 0.6) is 5.75 Å². The Bertz CT molecular complexity index is 304. The summed E-state index contributed by atoms with van der Waals surface area (Å²) < 4.78 is 6.65. The fraction of sp³-hybridized carbons (Fsp3) is 0.455. The van der Waals surface area contributed by atoms with E-state index in [1.807, 2.05) is 24.3 Å². The second-order valence-corrected chi connectivity index (χ2v) is 4.82. The van der Waals surface area contributed by atoms with E-state index in [9.17, 15) is 0 Å². The van der Waals surface area contributed by atoms with Gasteiger partial charge in [-0.05, 0) is 37.1 Å². The summed E-state index contributed by atoms with van der Waals surface area (Å²) in [6.07, 6.45) is 2.17. The lowest BCUT2D eigenvalue weighted by atomic mass is 10.1. The minimum Gasteiger partial charge on any atom is -0.493 e. The van der Waals surface area contributed by atoms with Gasteiger partial charge in [-0.1, -0.05) is 15.9 Å². The number of ether oxygens (including phenoxy) is 1. The number of hydrogen-bond donors (Lipinski definition) is 1. The van der Waals surface area contributed by atoms with Crippen LogP contribution in [-0.4, -0.2) is 18.3 Å². The lowest BCUT2D eigenvalue weighted by Gasteiger charge is -2.12. The second kappa shape index (κ2) is 3.91. The van der Waals surface area contributed by atoms with Crippen LogP contribution in [0.3, 0.4) is 0 Å². The first kappa shape index (κ1) is 9.99. The molecule has 0 heterocycles. The fourth-order valence-corrected chi connectivity index (χ4v) is 1.56. The van der Waals surface area contributed by atoms with Gasteiger partial charge in [0.2, 0.25) is 0 Å². The molecule has 0 saturated heterocycles. The number of hydrogen-bond acceptors (Lipinski definition) is 2. The molecule has 0 atom stereocenters. The average Bonchev–Trinajstić information content (AvgIpc) is 2.98. The molecule has 1 fully saturated rings. The quantitative estimate of drug-likeness (QED) is 0.898. The van der Waals surface area contributed by atoms with Crippen LogP contribution >= 0.6 is 15.9 Å². The van der Waals surface area contributed by atoms with Gasteiger partial charge in [-0.2, -0.15) is 0 Å². The van der Waals surface area contributed by atoms with Crippen molar-refractivity contribution in [2.75, 3.05) is 13.2 Å². The fourth-order valence-electron chi connectivity index (χ4n) is 1.29. The summed E-state index contributed by atoms with van der Waals surface area (Å²) in [5.74, 6) is 0.868. The van der Waals surface area contributed by atoms with E-state index < -0.39 is 0 Å². The average molecular weight is 257 g/mol. The van der Waals surface area contributed by atoms with Crippen molar-refractivity contribution in [2.45, 2.75) is 12.8 Å². The predicted octanol–water partition coefficient (Wildman–Crippen LogP) is 2.60. The van der Waals surface area contributed by atoms with Crippen LogP contribution in [0.4, 0.5) is 0 Å². The molecule has 2 rings (SSSR count). The van der Waals surface area contributed by atoms with Gasteiger partial charge in [-0.25, -0.2) is 0 Å². The Kier molecular flexibility index (Phi) is 2.79. The Hall–Kier alpha value is -0.540. The molecule has 0 amide bonds. The van der Waals surface area contributed by atoms with Gasteiger partial charge in [0.25, 0.3) is 0 Å². The minimum atomic E-state index is 0.0626. The molecular formula is C11H13BrO2. The summed E-state index contributed by atoms with van der Waals surface area (Å²) in [5, 5.41) is 9.09. The van der Waals surface area contributed by atoms with E-state index in [4.69, 9.17) is 9.84 Å². The van der Waals surface area contributed by atoms with Crippen LogP contribution < -0.4 is 4.74 Å². The zero-order valence-corrected chi connectivity index (χ0v) is 9.46. The molecule has 0 aliphatic heterocycles. The van der Waals surface area contributed by atoms with Crippen molar-refractivity contribution in [2.24, 2.45) is 5.41 Å². The van der Waals surface area contributed by atoms with Crippen LogP contribution in [0.1, 0.15) is 12.8 Å². The lowest BCUT2D eigenvalue weighted by molar-refractivity contribution is 0.146. The highest BCUT2D eigenvalue weighted by Gasteiger charge is 2.42. The van der Waals surface area contributed by atoms with E-state index in [-0.39, 0.29) is 12.0 Å². The standard InChI is InChI=1S/C11H13BrO2/c12-9-1-3-10(4-2-9)14-8-11(7-13)5-6-11/h1-4,13H,5-8H2. The van der Waals surface area contributed by atoms with Crippen molar-refractivity contribution in [1.29, 1.82) is 0 Å². The maximum atomic E-state index is 9.09. The first-order valence-corrected chi connectivity index (χ1v) is 5.53. The van der Waals surface area contributed by atoms with Gasteiger partial charge in [0.1, 0.15) is 5.75 Å². The number of halogens is 1. The third-order valence-corrected chi connectivity index (χ3v) is 3.18. The van der Waals surface area contributed by atoms with Crippen LogP contribution in [-0.2, 0) is 0 Å². The van der Waals surface area contributed by atoms with Crippen LogP contribution in [0.25, 0.3) is 0 Å². The molecule has 1 aliphatic rings. The Labute approximate surface area is 92.0 Å². The van der Waals surface area contributed by atoms with Crippen LogP contribution in [0.2, 0.25) is 0 Å². The van der Waals surface area contributed by atoms with E-state index in [1.54, 1.807) is 0 Å². The molecule has 3 heteroatoms. The molecule has 0 bridgehead atoms. The van der Waals surface area contributed by atoms with Crippen molar-refractivity contribution in [3.05, 3.63) is 28.7 Å². The SMILES string of the molecule is OCC1(COc2ccc(Br)cc2)CC1. The van der Waals surface area contributed by atoms with Crippen molar-refractivity contribution >= 4 is 15.9 Å². The zero-order valence-electron chi connectivity index (χ0n) is 7.87. The summed E-state index contributed by atoms with van der Waals surface area (Å²) in [4.78, 5) is 0. The molecule has 1 aliphatic carbocycles. The molecule has 1 saturated carbocycles. The molecule has 0 radical (unpaired) electrons. The van der Waals surface area contributed by atoms with E-state index >= 15 is 0 Å². The Morgan fingerprint density at radius 3 is 2.43 bits per heavy atom. The number of aliphatic hydroxyl groups is 1. The normalized spacial score (nSPS) is 17.9. The minimum absolute atomic E-state index is 0.0626. The van der Waals surface area contributed by atoms with Crippen molar-refractivity contribution in [1.82, 2.24) is 0 Å². The molecule has 2 nitrogen and oxygen atoms in total. The van der Waals surface area contributed by atoms with Gasteiger partial charge < -0.3 is 9.84 Å². The third-order valence-electron chi connectivity index (χ3n) is 2.65. The topological polar surface area (TPSA) is 29.5 Å². The highest BCUT2D eigenvalue weighted by molar-refractivity contribution is 9.10. The summed E-state index contributed by atoms with van der Waals surface area (Å²) in [5.41, 5.74) is 0.0626. The second-order valence-electron chi connectivity index (χ2n) is 3.90. The molecule has 1 N–H and O–H groups in total. The monoisotopic (exact) mass is 256 g/mol. The molecule has 0 aromatic heterocycles. The van der Waals surface area contributed by atoms with Gasteiger partial charge in [-0.15, -0.1) is 0 Å². The van der Waals surface area contributed by atoms with E-state index in [0.717, 1.165) is 23.1 Å². The Morgan fingerprint density at radius 1 is 1.29 bits per heavy atom. The first-order valence-electron chi connectivity index (χ1n) is 4.73. The molecule has 14 heavy (non-hydrogen) atoms. The third kappa shape index (κ3) is 2.28. The van der Waals surface area contributed by atoms with Crippen molar-refractivity contribution in [3.63, 3.8) is 0 Å². The van der Waals surface area contributed by atoms with Gasteiger partial charge >= 0.3 is 0 Å². The lowest BCUT2D eigenvalue weighted by Crippen LogP contribution is -2.16. The molecule has 76 valence electrons. The summed E-state index contributed by atoms with van der Waals surface area (Å²) in [7, 11) is 0. The predicted molar refractivity (Wildman–Crippen MR) is 58.4 cm³/mol. The summed E-state index contributed by atoms with van der Waals surface area (Å²) >= 11 is 3.37. The number of aliphatic hydroxyl groups excluding tert-OH is 1. The molecule has 1 aromatic rings. The molecule has 0 spiro atoms. The van der Waals surface area contributed by atoms with Gasteiger partial charge in [0.05, 0.1) is 13.2 Å². The summed E-state index contributed by atoms with van der Waals surface area (Å²) in [6.45, 7) is 0.870. The number of benzene rings is 1. The molecular weight excluding hydrogens is 244 g/mol. The van der Waals surface area contributed by atoms with Crippen LogP contribution in [0, 0.1) is 5.41 Å².